The van der Waals surface area contributed by atoms with E-state index in [0.29, 0.717) is 30.5 Å². The van der Waals surface area contributed by atoms with Crippen molar-refractivity contribution in [1.82, 2.24) is 0 Å². The van der Waals surface area contributed by atoms with Crippen molar-refractivity contribution in [3.8, 4) is 16.9 Å². The maximum absolute atomic E-state index is 14.0. The number of para-hydroxylation sites is 1. The summed E-state index contributed by atoms with van der Waals surface area (Å²) in [5.74, 6) is -0.607. The zero-order valence-corrected chi connectivity index (χ0v) is 22.8. The number of epoxide rings is 1. The largest absolute Gasteiger partial charge is 0.463 e. The Kier molecular flexibility index (Phi) is 8.06. The lowest BCUT2D eigenvalue weighted by Crippen LogP contribution is -2.42. The molecular formula is C30H35O7P. The summed E-state index contributed by atoms with van der Waals surface area (Å²) in [6, 6.07) is 15.0. The van der Waals surface area contributed by atoms with Gasteiger partial charge in [-0.1, -0.05) is 62.4 Å². The Morgan fingerprint density at radius 3 is 2.58 bits per heavy atom. The van der Waals surface area contributed by atoms with E-state index in [9.17, 15) is 14.2 Å². The van der Waals surface area contributed by atoms with Crippen LogP contribution in [0.2, 0.25) is 0 Å². The maximum Gasteiger partial charge on any atom is 0.309 e. The third kappa shape index (κ3) is 5.89. The normalized spacial score (nSPS) is 29.6. The third-order valence-corrected chi connectivity index (χ3v) is 9.91. The van der Waals surface area contributed by atoms with Gasteiger partial charge in [-0.2, -0.15) is 0 Å². The van der Waals surface area contributed by atoms with Crippen LogP contribution in [0.4, 0.5) is 0 Å². The van der Waals surface area contributed by atoms with E-state index >= 15 is 0 Å². The van der Waals surface area contributed by atoms with E-state index in [-0.39, 0.29) is 49.0 Å². The molecule has 2 fully saturated rings. The van der Waals surface area contributed by atoms with E-state index in [1.807, 2.05) is 61.5 Å². The van der Waals surface area contributed by atoms with Gasteiger partial charge in [0.05, 0.1) is 24.3 Å². The van der Waals surface area contributed by atoms with Gasteiger partial charge in [-0.25, -0.2) is 0 Å². The molecule has 2 aromatic carbocycles. The molecule has 1 saturated heterocycles. The summed E-state index contributed by atoms with van der Waals surface area (Å²) in [5.41, 5.74) is 1.76. The van der Waals surface area contributed by atoms with Gasteiger partial charge in [0, 0.05) is 17.6 Å². The van der Waals surface area contributed by atoms with E-state index in [2.05, 4.69) is 6.92 Å². The van der Waals surface area contributed by atoms with Gasteiger partial charge in [0.15, 0.2) is 0 Å². The second-order valence-electron chi connectivity index (χ2n) is 10.5. The average molecular weight is 539 g/mol. The van der Waals surface area contributed by atoms with Gasteiger partial charge in [-0.05, 0) is 42.9 Å². The molecule has 3 aliphatic rings. The van der Waals surface area contributed by atoms with Crippen LogP contribution in [0.25, 0.3) is 11.1 Å². The number of carbonyl (C=O) groups is 2. The first kappa shape index (κ1) is 26.7. The summed E-state index contributed by atoms with van der Waals surface area (Å²) in [6.07, 6.45) is 5.69. The molecule has 0 bridgehead atoms. The minimum Gasteiger partial charge on any atom is -0.463 e. The zero-order chi connectivity index (χ0) is 26.7. The fourth-order valence-corrected chi connectivity index (χ4v) is 7.74. The predicted molar refractivity (Wildman–Crippen MR) is 145 cm³/mol. The summed E-state index contributed by atoms with van der Waals surface area (Å²) >= 11 is 0. The zero-order valence-electron chi connectivity index (χ0n) is 21.9. The monoisotopic (exact) mass is 538 g/mol. The molecule has 8 heteroatoms. The molecule has 0 radical (unpaired) electrons. The Morgan fingerprint density at radius 2 is 1.82 bits per heavy atom. The smallest absolute Gasteiger partial charge is 0.309 e. The Hall–Kier alpha value is -2.89. The highest BCUT2D eigenvalue weighted by Crippen LogP contribution is 2.54. The molecule has 2 heterocycles. The molecule has 202 valence electrons. The van der Waals surface area contributed by atoms with Crippen molar-refractivity contribution in [2.45, 2.75) is 51.7 Å². The minimum absolute atomic E-state index is 0.0000649. The highest BCUT2D eigenvalue weighted by molar-refractivity contribution is 7.67. The van der Waals surface area contributed by atoms with Crippen molar-refractivity contribution < 1.29 is 32.9 Å². The summed E-state index contributed by atoms with van der Waals surface area (Å²) in [7, 11) is -3.33. The molecule has 2 aliphatic heterocycles. The molecule has 0 amide bonds. The maximum atomic E-state index is 14.0. The summed E-state index contributed by atoms with van der Waals surface area (Å²) in [6.45, 7) is 4.97. The average Bonchev–Trinajstić information content (AvgIpc) is 3.75. The van der Waals surface area contributed by atoms with Crippen LogP contribution in [0.15, 0.2) is 60.7 Å². The van der Waals surface area contributed by atoms with Crippen LogP contribution < -0.4 is 9.83 Å². The van der Waals surface area contributed by atoms with Crippen LogP contribution >= 0.6 is 7.37 Å². The van der Waals surface area contributed by atoms with Crippen molar-refractivity contribution in [3.63, 3.8) is 0 Å². The minimum atomic E-state index is -3.33. The van der Waals surface area contributed by atoms with E-state index < -0.39 is 19.4 Å². The molecule has 7 nitrogen and oxygen atoms in total. The Labute approximate surface area is 224 Å². The van der Waals surface area contributed by atoms with Crippen LogP contribution in [-0.2, 0) is 28.4 Å². The second kappa shape index (κ2) is 11.5. The van der Waals surface area contributed by atoms with Crippen molar-refractivity contribution in [1.29, 1.82) is 0 Å². The predicted octanol–water partition coefficient (Wildman–Crippen LogP) is 5.52. The first-order valence-electron chi connectivity index (χ1n) is 13.5. The molecular weight excluding hydrogens is 503 g/mol. The molecule has 0 aromatic heterocycles. The molecule has 1 saturated carbocycles. The third-order valence-electron chi connectivity index (χ3n) is 7.48. The number of esters is 2. The fourth-order valence-electron chi connectivity index (χ4n) is 5.48. The van der Waals surface area contributed by atoms with Gasteiger partial charge in [0.2, 0.25) is 0 Å². The number of benzene rings is 2. The van der Waals surface area contributed by atoms with Crippen molar-refractivity contribution in [2.75, 3.05) is 19.4 Å². The number of rotatable bonds is 9. The van der Waals surface area contributed by atoms with Crippen LogP contribution in [0, 0.1) is 17.8 Å². The first-order valence-corrected chi connectivity index (χ1v) is 15.3. The number of hydrogen-bond acceptors (Lipinski definition) is 7. The number of carbonyl (C=O) groups excluding carboxylic acids is 2. The van der Waals surface area contributed by atoms with Gasteiger partial charge in [-0.3, -0.25) is 14.2 Å². The number of fused-ring (bicyclic) bond motifs is 3. The van der Waals surface area contributed by atoms with E-state index in [1.165, 1.54) is 0 Å². The van der Waals surface area contributed by atoms with E-state index in [0.717, 1.165) is 17.5 Å². The highest BCUT2D eigenvalue weighted by atomic mass is 31.2. The lowest BCUT2D eigenvalue weighted by atomic mass is 9.72. The molecule has 1 aliphatic carbocycles. The Morgan fingerprint density at radius 1 is 1.08 bits per heavy atom. The van der Waals surface area contributed by atoms with E-state index in [1.54, 1.807) is 6.07 Å². The Balaban J connectivity index is 1.28. The lowest BCUT2D eigenvalue weighted by Gasteiger charge is -2.38. The van der Waals surface area contributed by atoms with Gasteiger partial charge in [0.1, 0.15) is 24.6 Å². The molecule has 0 N–H and O–H groups in total. The quantitative estimate of drug-likeness (QED) is 0.180. The number of hydrogen-bond donors (Lipinski definition) is 0. The van der Waals surface area contributed by atoms with Crippen LogP contribution in [-0.4, -0.2) is 43.5 Å². The molecule has 2 aromatic rings. The van der Waals surface area contributed by atoms with Gasteiger partial charge >= 0.3 is 11.9 Å². The van der Waals surface area contributed by atoms with Crippen LogP contribution in [0.5, 0.6) is 5.75 Å². The molecule has 0 spiro atoms. The summed E-state index contributed by atoms with van der Waals surface area (Å²) < 4.78 is 36.8. The lowest BCUT2D eigenvalue weighted by molar-refractivity contribution is -0.164. The van der Waals surface area contributed by atoms with Gasteiger partial charge in [0.25, 0.3) is 7.37 Å². The van der Waals surface area contributed by atoms with Crippen LogP contribution in [0.1, 0.15) is 39.5 Å². The molecule has 5 rings (SSSR count). The van der Waals surface area contributed by atoms with Gasteiger partial charge in [-0.15, -0.1) is 0 Å². The standard InChI is InChI=1S/C30H35O7P/c1-3-4-9-23-25(30(32)35-19-21-18-34-21)16-20(2)17-27(23)36-29(31)14-15-38(33)28-13-8-6-11-24(28)22-10-5-7-12-26(22)37-38/h4-13,20-21,23,25,27H,3,14-19H2,1-2H3/b9-4+. The number of allylic oxidation sites excluding steroid dienone is 1. The topological polar surface area (TPSA) is 91.4 Å². The van der Waals surface area contributed by atoms with Gasteiger partial charge < -0.3 is 18.7 Å². The van der Waals surface area contributed by atoms with Crippen molar-refractivity contribution in [2.24, 2.45) is 17.8 Å². The molecule has 38 heavy (non-hydrogen) atoms. The second-order valence-corrected chi connectivity index (χ2v) is 12.9. The number of ether oxygens (including phenoxy) is 3. The summed E-state index contributed by atoms with van der Waals surface area (Å²) in [5, 5.41) is 0.629. The molecule has 6 atom stereocenters. The van der Waals surface area contributed by atoms with Crippen LogP contribution in [0.3, 0.4) is 0 Å². The Bertz CT molecular complexity index is 1250. The highest BCUT2D eigenvalue weighted by Gasteiger charge is 2.43. The fraction of sp³-hybridized carbons (Fsp3) is 0.467. The SMILES string of the molecule is CC/C=C/C1C(OC(=O)CCP2(=O)Oc3ccccc3-c3ccccc32)CC(C)CC1C(=O)OCC1CO1. The van der Waals surface area contributed by atoms with Crippen molar-refractivity contribution >= 4 is 24.6 Å². The van der Waals surface area contributed by atoms with Crippen molar-refractivity contribution in [3.05, 3.63) is 60.7 Å². The molecule has 6 unspecified atom stereocenters. The first-order chi connectivity index (χ1) is 18.4. The summed E-state index contributed by atoms with van der Waals surface area (Å²) in [4.78, 5) is 26.1. The van der Waals surface area contributed by atoms with E-state index in [4.69, 9.17) is 18.7 Å².